The van der Waals surface area contributed by atoms with Crippen molar-refractivity contribution < 1.29 is 13.9 Å². The van der Waals surface area contributed by atoms with E-state index in [1.807, 2.05) is 6.07 Å². The van der Waals surface area contributed by atoms with E-state index in [4.69, 9.17) is 4.74 Å². The lowest BCUT2D eigenvalue weighted by molar-refractivity contribution is 0.102. The highest BCUT2D eigenvalue weighted by Gasteiger charge is 2.13. The number of ether oxygens (including phenoxy) is 1. The minimum atomic E-state index is -0.653. The van der Waals surface area contributed by atoms with Crippen molar-refractivity contribution in [3.63, 3.8) is 0 Å². The predicted octanol–water partition coefficient (Wildman–Crippen LogP) is 3.65. The van der Waals surface area contributed by atoms with Gasteiger partial charge in [0.15, 0.2) is 5.82 Å². The van der Waals surface area contributed by atoms with Crippen molar-refractivity contribution in [2.75, 3.05) is 11.9 Å². The molecule has 110 valence electrons. The van der Waals surface area contributed by atoms with Crippen molar-refractivity contribution in [2.45, 2.75) is 19.8 Å². The minimum Gasteiger partial charge on any atom is -0.491 e. The highest BCUT2D eigenvalue weighted by molar-refractivity contribution is 6.05. The van der Waals surface area contributed by atoms with E-state index < -0.39 is 11.7 Å². The van der Waals surface area contributed by atoms with Gasteiger partial charge >= 0.3 is 0 Å². The molecule has 4 nitrogen and oxygen atoms in total. The molecule has 0 saturated heterocycles. The molecule has 0 saturated carbocycles. The number of amides is 1. The zero-order chi connectivity index (χ0) is 15.1. The molecule has 0 bridgehead atoms. The van der Waals surface area contributed by atoms with Crippen LogP contribution in [0.3, 0.4) is 0 Å². The van der Waals surface area contributed by atoms with E-state index in [1.54, 1.807) is 18.2 Å². The molecule has 5 heteroatoms. The Morgan fingerprint density at radius 1 is 1.33 bits per heavy atom. The number of hydrogen-bond donors (Lipinski definition) is 1. The summed E-state index contributed by atoms with van der Waals surface area (Å²) < 4.78 is 19.2. The molecule has 0 aliphatic heterocycles. The molecule has 1 N–H and O–H groups in total. The molecular weight excluding hydrogens is 271 g/mol. The topological polar surface area (TPSA) is 51.2 Å². The number of aromatic nitrogens is 1. The molecule has 0 spiro atoms. The van der Waals surface area contributed by atoms with Gasteiger partial charge in [-0.25, -0.2) is 4.39 Å². The fourth-order valence-corrected chi connectivity index (χ4v) is 1.77. The Kier molecular flexibility index (Phi) is 5.26. The number of nitrogens with one attached hydrogen (secondary N) is 1. The van der Waals surface area contributed by atoms with Gasteiger partial charge in [-0.05, 0) is 24.6 Å². The number of rotatable bonds is 6. The molecular formula is C16H17FN2O2. The molecule has 0 fully saturated rings. The standard InChI is InChI=1S/C16H17FN2O2/c1-2-3-10-21-15-7-5-4-6-14(15)19-16(20)12-8-9-18-11-13(12)17/h4-9,11H,2-3,10H2,1H3,(H,19,20). The molecule has 2 aromatic rings. The van der Waals surface area contributed by atoms with E-state index in [-0.39, 0.29) is 5.56 Å². The molecule has 1 aromatic carbocycles. The molecule has 1 amide bonds. The first-order chi connectivity index (χ1) is 10.2. The van der Waals surface area contributed by atoms with E-state index in [0.717, 1.165) is 19.0 Å². The Bertz CT molecular complexity index is 617. The summed E-state index contributed by atoms with van der Waals surface area (Å²) in [6.45, 7) is 2.65. The maximum atomic E-state index is 13.5. The van der Waals surface area contributed by atoms with Gasteiger partial charge in [-0.2, -0.15) is 0 Å². The van der Waals surface area contributed by atoms with Crippen LogP contribution in [-0.4, -0.2) is 17.5 Å². The zero-order valence-electron chi connectivity index (χ0n) is 11.8. The van der Waals surface area contributed by atoms with Crippen LogP contribution in [0.15, 0.2) is 42.7 Å². The Labute approximate surface area is 123 Å². The summed E-state index contributed by atoms with van der Waals surface area (Å²) in [5.74, 6) is -0.602. The lowest BCUT2D eigenvalue weighted by Gasteiger charge is -2.12. The number of carbonyl (C=O) groups is 1. The van der Waals surface area contributed by atoms with Gasteiger partial charge in [-0.3, -0.25) is 9.78 Å². The largest absolute Gasteiger partial charge is 0.491 e. The first-order valence-electron chi connectivity index (χ1n) is 6.85. The minimum absolute atomic E-state index is 0.0478. The summed E-state index contributed by atoms with van der Waals surface area (Å²) in [5.41, 5.74) is 0.475. The number of anilines is 1. The number of nitrogens with zero attached hydrogens (tertiary/aromatic N) is 1. The maximum absolute atomic E-state index is 13.5. The van der Waals surface area contributed by atoms with Crippen LogP contribution in [0.2, 0.25) is 0 Å². The van der Waals surface area contributed by atoms with Crippen LogP contribution in [0, 0.1) is 5.82 Å². The Morgan fingerprint density at radius 3 is 2.90 bits per heavy atom. The number of unbranched alkanes of at least 4 members (excludes halogenated alkanes) is 1. The van der Waals surface area contributed by atoms with Gasteiger partial charge in [0, 0.05) is 6.20 Å². The summed E-state index contributed by atoms with van der Waals surface area (Å²) in [6, 6.07) is 8.44. The van der Waals surface area contributed by atoms with E-state index in [0.29, 0.717) is 18.0 Å². The maximum Gasteiger partial charge on any atom is 0.258 e. The lowest BCUT2D eigenvalue weighted by Crippen LogP contribution is -2.15. The first kappa shape index (κ1) is 15.0. The molecule has 1 aromatic heterocycles. The number of para-hydroxylation sites is 2. The summed E-state index contributed by atoms with van der Waals surface area (Å²) in [5, 5.41) is 2.66. The Balaban J connectivity index is 2.12. The van der Waals surface area contributed by atoms with E-state index >= 15 is 0 Å². The van der Waals surface area contributed by atoms with E-state index in [2.05, 4.69) is 17.2 Å². The molecule has 1 heterocycles. The lowest BCUT2D eigenvalue weighted by atomic mass is 10.2. The van der Waals surface area contributed by atoms with Crippen LogP contribution in [0.25, 0.3) is 0 Å². The highest BCUT2D eigenvalue weighted by Crippen LogP contribution is 2.24. The third kappa shape index (κ3) is 4.02. The van der Waals surface area contributed by atoms with Crippen molar-refractivity contribution in [3.05, 3.63) is 54.1 Å². The van der Waals surface area contributed by atoms with Crippen molar-refractivity contribution >= 4 is 11.6 Å². The first-order valence-corrected chi connectivity index (χ1v) is 6.85. The van der Waals surface area contributed by atoms with Crippen LogP contribution in [0.5, 0.6) is 5.75 Å². The van der Waals surface area contributed by atoms with Gasteiger partial charge in [-0.15, -0.1) is 0 Å². The van der Waals surface area contributed by atoms with Crippen molar-refractivity contribution in [1.29, 1.82) is 0 Å². The summed E-state index contributed by atoms with van der Waals surface area (Å²) >= 11 is 0. The molecule has 0 aliphatic carbocycles. The molecule has 0 radical (unpaired) electrons. The predicted molar refractivity (Wildman–Crippen MR) is 79.0 cm³/mol. The Morgan fingerprint density at radius 2 is 2.14 bits per heavy atom. The van der Waals surface area contributed by atoms with Crippen LogP contribution in [-0.2, 0) is 0 Å². The number of halogens is 1. The summed E-state index contributed by atoms with van der Waals surface area (Å²) in [7, 11) is 0. The second-order valence-corrected chi connectivity index (χ2v) is 4.51. The molecule has 0 unspecified atom stereocenters. The SMILES string of the molecule is CCCCOc1ccccc1NC(=O)c1ccncc1F. The van der Waals surface area contributed by atoms with Crippen LogP contribution in [0.4, 0.5) is 10.1 Å². The fourth-order valence-electron chi connectivity index (χ4n) is 1.77. The van der Waals surface area contributed by atoms with Gasteiger partial charge < -0.3 is 10.1 Å². The van der Waals surface area contributed by atoms with E-state index in [1.165, 1.54) is 12.3 Å². The Hall–Kier alpha value is -2.43. The summed E-state index contributed by atoms with van der Waals surface area (Å²) in [6.07, 6.45) is 4.35. The van der Waals surface area contributed by atoms with Gasteiger partial charge in [0.2, 0.25) is 0 Å². The number of carbonyl (C=O) groups excluding carboxylic acids is 1. The second-order valence-electron chi connectivity index (χ2n) is 4.51. The van der Waals surface area contributed by atoms with Crippen molar-refractivity contribution in [1.82, 2.24) is 4.98 Å². The number of hydrogen-bond acceptors (Lipinski definition) is 3. The second kappa shape index (κ2) is 7.38. The zero-order valence-corrected chi connectivity index (χ0v) is 11.8. The third-order valence-corrected chi connectivity index (χ3v) is 2.91. The van der Waals surface area contributed by atoms with Crippen molar-refractivity contribution in [3.8, 4) is 5.75 Å². The quantitative estimate of drug-likeness (QED) is 0.825. The van der Waals surface area contributed by atoms with Crippen LogP contribution >= 0.6 is 0 Å². The van der Waals surface area contributed by atoms with Gasteiger partial charge in [0.25, 0.3) is 5.91 Å². The van der Waals surface area contributed by atoms with Gasteiger partial charge in [0.05, 0.1) is 24.1 Å². The molecule has 21 heavy (non-hydrogen) atoms. The smallest absolute Gasteiger partial charge is 0.258 e. The average molecular weight is 288 g/mol. The van der Waals surface area contributed by atoms with Gasteiger partial charge in [0.1, 0.15) is 5.75 Å². The van der Waals surface area contributed by atoms with Crippen molar-refractivity contribution in [2.24, 2.45) is 0 Å². The number of pyridine rings is 1. The molecule has 0 atom stereocenters. The summed E-state index contributed by atoms with van der Waals surface area (Å²) in [4.78, 5) is 15.7. The van der Waals surface area contributed by atoms with Crippen LogP contribution < -0.4 is 10.1 Å². The molecule has 2 rings (SSSR count). The van der Waals surface area contributed by atoms with Gasteiger partial charge in [-0.1, -0.05) is 25.5 Å². The molecule has 0 aliphatic rings. The monoisotopic (exact) mass is 288 g/mol. The fraction of sp³-hybridized carbons (Fsp3) is 0.250. The van der Waals surface area contributed by atoms with Crippen LogP contribution in [0.1, 0.15) is 30.1 Å². The highest BCUT2D eigenvalue weighted by atomic mass is 19.1. The number of benzene rings is 1. The van der Waals surface area contributed by atoms with E-state index in [9.17, 15) is 9.18 Å². The average Bonchev–Trinajstić information content (AvgIpc) is 2.49. The third-order valence-electron chi connectivity index (χ3n) is 2.91. The normalized spacial score (nSPS) is 10.2.